The predicted molar refractivity (Wildman–Crippen MR) is 129 cm³/mol. The Morgan fingerprint density at radius 1 is 1.07 bits per heavy atom. The number of carbonyl (C=O) groups is 1. The monoisotopic (exact) mass is 463 g/mol. The summed E-state index contributed by atoms with van der Waals surface area (Å²) in [6, 6.07) is 14.6. The number of nitrogens with zero attached hydrogens (tertiary/aromatic N) is 2. The number of rotatable bonds is 5. The second kappa shape index (κ2) is 10.1. The van der Waals surface area contributed by atoms with Gasteiger partial charge >= 0.3 is 0 Å². The third-order valence-corrected chi connectivity index (χ3v) is 6.79. The summed E-state index contributed by atoms with van der Waals surface area (Å²) < 4.78 is 0. The van der Waals surface area contributed by atoms with E-state index < -0.39 is 0 Å². The maximum Gasteiger partial charge on any atom is 0.254 e. The number of piperidine rings is 1. The number of likely N-dealkylation sites (tertiary alicyclic amines) is 1. The maximum atomic E-state index is 13.4. The second-order valence-electron chi connectivity index (χ2n) is 7.97. The predicted octanol–water partition coefficient (Wildman–Crippen LogP) is 5.41. The Bertz CT molecular complexity index is 983. The van der Waals surface area contributed by atoms with Crippen LogP contribution in [0.2, 0.25) is 0 Å². The molecule has 0 bridgehead atoms. The summed E-state index contributed by atoms with van der Waals surface area (Å²) in [4.78, 5) is 21.3. The van der Waals surface area contributed by atoms with E-state index in [-0.39, 0.29) is 30.7 Å². The fourth-order valence-electron chi connectivity index (χ4n) is 4.02. The van der Waals surface area contributed by atoms with Gasteiger partial charge in [0.2, 0.25) is 0 Å². The van der Waals surface area contributed by atoms with Crippen LogP contribution < -0.4 is 5.32 Å². The quantitative estimate of drug-likeness (QED) is 0.549. The van der Waals surface area contributed by atoms with E-state index in [9.17, 15) is 4.79 Å². The van der Waals surface area contributed by atoms with Crippen LogP contribution in [0.25, 0.3) is 21.5 Å². The van der Waals surface area contributed by atoms with Crippen LogP contribution in [0.1, 0.15) is 36.0 Å². The molecule has 2 aliphatic rings. The molecule has 1 aliphatic heterocycles. The smallest absolute Gasteiger partial charge is 0.254 e. The fourth-order valence-corrected chi connectivity index (χ4v) is 4.70. The molecule has 3 heterocycles. The summed E-state index contributed by atoms with van der Waals surface area (Å²) in [5, 5.41) is 6.69. The highest BCUT2D eigenvalue weighted by atomic mass is 35.5. The molecular formula is C23H27Cl2N3OS. The Balaban J connectivity index is 0.00000128. The molecule has 30 heavy (non-hydrogen) atoms. The third kappa shape index (κ3) is 4.97. The summed E-state index contributed by atoms with van der Waals surface area (Å²) >= 11 is 1.66. The number of para-hydroxylation sites is 1. The van der Waals surface area contributed by atoms with Crippen LogP contribution in [-0.4, -0.2) is 41.5 Å². The third-order valence-electron chi connectivity index (χ3n) is 5.89. The van der Waals surface area contributed by atoms with Gasteiger partial charge in [-0.05, 0) is 61.7 Å². The summed E-state index contributed by atoms with van der Waals surface area (Å²) in [5.41, 5.74) is 2.55. The molecule has 0 atom stereocenters. The summed E-state index contributed by atoms with van der Waals surface area (Å²) in [6.45, 7) is 2.80. The Morgan fingerprint density at radius 2 is 1.83 bits per heavy atom. The zero-order valence-electron chi connectivity index (χ0n) is 16.8. The molecule has 7 heteroatoms. The van der Waals surface area contributed by atoms with E-state index in [4.69, 9.17) is 4.98 Å². The van der Waals surface area contributed by atoms with Crippen molar-refractivity contribution in [2.75, 3.05) is 19.6 Å². The molecule has 1 aliphatic carbocycles. The standard InChI is InChI=1S/C23H25N3OS.2ClH/c27-23(26-11-9-17(10-12-26)24-15-16-7-8-16)19-14-21(22-6-3-13-28-22)25-20-5-2-1-4-18(19)20;;/h1-6,13-14,16-17,24H,7-12,15H2;2*1H. The maximum absolute atomic E-state index is 13.4. The lowest BCUT2D eigenvalue weighted by molar-refractivity contribution is 0.0707. The number of hydrogen-bond donors (Lipinski definition) is 1. The minimum Gasteiger partial charge on any atom is -0.339 e. The molecule has 1 aromatic carbocycles. The number of halogens is 2. The first-order chi connectivity index (χ1) is 13.8. The van der Waals surface area contributed by atoms with Crippen LogP contribution in [0.5, 0.6) is 0 Å². The Hall–Kier alpha value is -1.66. The summed E-state index contributed by atoms with van der Waals surface area (Å²) in [5.74, 6) is 1.04. The summed E-state index contributed by atoms with van der Waals surface area (Å²) in [6.07, 6.45) is 4.84. The van der Waals surface area contributed by atoms with Crippen LogP contribution >= 0.6 is 36.2 Å². The highest BCUT2D eigenvalue weighted by Crippen LogP contribution is 2.30. The van der Waals surface area contributed by atoms with Gasteiger partial charge in [0.25, 0.3) is 5.91 Å². The molecule has 1 saturated carbocycles. The zero-order chi connectivity index (χ0) is 18.9. The van der Waals surface area contributed by atoms with E-state index >= 15 is 0 Å². The van der Waals surface area contributed by atoms with Gasteiger partial charge in [-0.3, -0.25) is 4.79 Å². The zero-order valence-corrected chi connectivity index (χ0v) is 19.2. The van der Waals surface area contributed by atoms with Gasteiger partial charge in [-0.15, -0.1) is 36.2 Å². The number of fused-ring (bicyclic) bond motifs is 1. The first-order valence-corrected chi connectivity index (χ1v) is 11.1. The van der Waals surface area contributed by atoms with Gasteiger partial charge in [-0.25, -0.2) is 4.98 Å². The molecule has 1 saturated heterocycles. The minimum atomic E-state index is 0. The van der Waals surface area contributed by atoms with E-state index in [0.29, 0.717) is 6.04 Å². The van der Waals surface area contributed by atoms with Crippen LogP contribution in [0.4, 0.5) is 0 Å². The van der Waals surface area contributed by atoms with E-state index in [1.807, 2.05) is 46.7 Å². The number of amides is 1. The molecule has 5 rings (SSSR count). The highest BCUT2D eigenvalue weighted by molar-refractivity contribution is 7.13. The summed E-state index contributed by atoms with van der Waals surface area (Å²) in [7, 11) is 0. The molecule has 2 aromatic heterocycles. The van der Waals surface area contributed by atoms with E-state index in [1.54, 1.807) is 11.3 Å². The highest BCUT2D eigenvalue weighted by Gasteiger charge is 2.27. The van der Waals surface area contributed by atoms with Gasteiger partial charge in [0.05, 0.1) is 21.7 Å². The SMILES string of the molecule is Cl.Cl.O=C(c1cc(-c2cccs2)nc2ccccc12)N1CCC(NCC2CC2)CC1. The molecule has 160 valence electrons. The molecule has 4 nitrogen and oxygen atoms in total. The molecule has 1 amide bonds. The number of benzene rings is 1. The number of thiophene rings is 1. The van der Waals surface area contributed by atoms with Gasteiger partial charge in [-0.1, -0.05) is 24.3 Å². The lowest BCUT2D eigenvalue weighted by Crippen LogP contribution is -2.45. The average Bonchev–Trinajstić information content (AvgIpc) is 3.42. The normalized spacial score (nSPS) is 16.7. The minimum absolute atomic E-state index is 0. The number of hydrogen-bond acceptors (Lipinski definition) is 4. The van der Waals surface area contributed by atoms with Gasteiger partial charge in [0.1, 0.15) is 0 Å². The number of carbonyl (C=O) groups excluding carboxylic acids is 1. The first-order valence-electron chi connectivity index (χ1n) is 10.2. The largest absolute Gasteiger partial charge is 0.339 e. The average molecular weight is 464 g/mol. The van der Waals surface area contributed by atoms with E-state index in [2.05, 4.69) is 11.4 Å². The van der Waals surface area contributed by atoms with Crippen molar-refractivity contribution in [3.8, 4) is 10.6 Å². The number of pyridine rings is 1. The molecule has 1 N–H and O–H groups in total. The van der Waals surface area contributed by atoms with Gasteiger partial charge in [-0.2, -0.15) is 0 Å². The molecule has 0 unspecified atom stereocenters. The second-order valence-corrected chi connectivity index (χ2v) is 8.92. The Labute approximate surface area is 193 Å². The molecule has 0 radical (unpaired) electrons. The molecule has 3 aromatic rings. The topological polar surface area (TPSA) is 45.2 Å². The number of aromatic nitrogens is 1. The van der Waals surface area contributed by atoms with Crippen LogP contribution in [0.3, 0.4) is 0 Å². The van der Waals surface area contributed by atoms with Gasteiger partial charge in [0, 0.05) is 24.5 Å². The van der Waals surface area contributed by atoms with Crippen LogP contribution in [0.15, 0.2) is 47.8 Å². The first kappa shape index (κ1) is 23.0. The molecule has 2 fully saturated rings. The van der Waals surface area contributed by atoms with Crippen LogP contribution in [0, 0.1) is 5.92 Å². The fraction of sp³-hybridized carbons (Fsp3) is 0.391. The lowest BCUT2D eigenvalue weighted by Gasteiger charge is -2.33. The van der Waals surface area contributed by atoms with Crippen molar-refractivity contribution in [1.82, 2.24) is 15.2 Å². The van der Waals surface area contributed by atoms with Crippen molar-refractivity contribution in [1.29, 1.82) is 0 Å². The van der Waals surface area contributed by atoms with Crippen LogP contribution in [-0.2, 0) is 0 Å². The van der Waals surface area contributed by atoms with Crippen molar-refractivity contribution >= 4 is 53.0 Å². The lowest BCUT2D eigenvalue weighted by atomic mass is 10.0. The van der Waals surface area contributed by atoms with E-state index in [0.717, 1.165) is 65.4 Å². The van der Waals surface area contributed by atoms with Crippen molar-refractivity contribution in [3.63, 3.8) is 0 Å². The van der Waals surface area contributed by atoms with Crippen molar-refractivity contribution in [2.24, 2.45) is 5.92 Å². The molecular weight excluding hydrogens is 437 g/mol. The van der Waals surface area contributed by atoms with Gasteiger partial charge in [0.15, 0.2) is 0 Å². The Morgan fingerprint density at radius 3 is 2.53 bits per heavy atom. The van der Waals surface area contributed by atoms with Crippen molar-refractivity contribution in [2.45, 2.75) is 31.7 Å². The molecule has 0 spiro atoms. The van der Waals surface area contributed by atoms with E-state index in [1.165, 1.54) is 12.8 Å². The van der Waals surface area contributed by atoms with Crippen molar-refractivity contribution in [3.05, 3.63) is 53.4 Å². The Kier molecular flexibility index (Phi) is 7.75. The van der Waals surface area contributed by atoms with Crippen molar-refractivity contribution < 1.29 is 4.79 Å². The van der Waals surface area contributed by atoms with Gasteiger partial charge < -0.3 is 10.2 Å². The number of nitrogens with one attached hydrogen (secondary N) is 1.